The third kappa shape index (κ3) is 4.07. The van der Waals surface area contributed by atoms with Gasteiger partial charge in [-0.25, -0.2) is 9.50 Å². The van der Waals surface area contributed by atoms with Crippen molar-refractivity contribution in [3.05, 3.63) is 80.2 Å². The minimum Gasteiger partial charge on any atom is -0.379 e. The lowest BCUT2D eigenvalue weighted by atomic mass is 10.1. The molecule has 0 bridgehead atoms. The van der Waals surface area contributed by atoms with E-state index in [4.69, 9.17) is 32.9 Å². The minimum atomic E-state index is -0.179. The second-order valence-corrected chi connectivity index (χ2v) is 8.80. The Labute approximate surface area is 195 Å². The highest BCUT2D eigenvalue weighted by Gasteiger charge is 2.18. The van der Waals surface area contributed by atoms with Crippen LogP contribution in [0.1, 0.15) is 11.3 Å². The van der Waals surface area contributed by atoms with E-state index in [2.05, 4.69) is 22.1 Å². The normalized spacial score (nSPS) is 14.8. The fraction of sp³-hybridized carbons (Fsp3) is 0.250. The lowest BCUT2D eigenvalue weighted by Gasteiger charge is -2.26. The van der Waals surface area contributed by atoms with Crippen LogP contribution < -0.4 is 5.56 Å². The molecule has 0 unspecified atom stereocenters. The number of halogens is 2. The van der Waals surface area contributed by atoms with Gasteiger partial charge >= 0.3 is 0 Å². The standard InChI is InChI=1S/C24H22Cl2N4O2/c1-15-23(19-7-6-18(25)12-20(19)26)24-27-21(13-22(31)30(24)28-15)17-4-2-16(3-5-17)14-29-8-10-32-11-9-29/h2-7,12-13,28H,8-11,14H2,1H3. The molecule has 1 aliphatic heterocycles. The predicted molar refractivity (Wildman–Crippen MR) is 128 cm³/mol. The first-order valence-corrected chi connectivity index (χ1v) is 11.2. The van der Waals surface area contributed by atoms with Crippen LogP contribution >= 0.6 is 23.2 Å². The molecule has 0 spiro atoms. The summed E-state index contributed by atoms with van der Waals surface area (Å²) in [6.45, 7) is 6.23. The zero-order valence-corrected chi connectivity index (χ0v) is 19.1. The average molecular weight is 469 g/mol. The van der Waals surface area contributed by atoms with Crippen LogP contribution in [0.3, 0.4) is 0 Å². The molecule has 1 N–H and O–H groups in total. The summed E-state index contributed by atoms with van der Waals surface area (Å²) in [5.74, 6) is 0. The van der Waals surface area contributed by atoms with Crippen LogP contribution in [0.5, 0.6) is 0 Å². The zero-order chi connectivity index (χ0) is 22.2. The Morgan fingerprint density at radius 3 is 2.53 bits per heavy atom. The summed E-state index contributed by atoms with van der Waals surface area (Å²) in [6.07, 6.45) is 0. The SMILES string of the molecule is Cc1[nH]n2c(=O)cc(-c3ccc(CN4CCOCC4)cc3)nc2c1-c1ccc(Cl)cc1Cl. The number of nitrogens with zero attached hydrogens (tertiary/aromatic N) is 3. The van der Waals surface area contributed by atoms with Crippen molar-refractivity contribution in [2.24, 2.45) is 0 Å². The van der Waals surface area contributed by atoms with Crippen molar-refractivity contribution in [3.63, 3.8) is 0 Å². The summed E-state index contributed by atoms with van der Waals surface area (Å²) in [7, 11) is 0. The molecule has 0 aliphatic carbocycles. The highest BCUT2D eigenvalue weighted by molar-refractivity contribution is 6.36. The van der Waals surface area contributed by atoms with E-state index >= 15 is 0 Å². The number of hydrogen-bond acceptors (Lipinski definition) is 4. The van der Waals surface area contributed by atoms with Gasteiger partial charge in [0.05, 0.1) is 23.9 Å². The molecule has 0 radical (unpaired) electrons. The van der Waals surface area contributed by atoms with Gasteiger partial charge in [-0.3, -0.25) is 14.8 Å². The van der Waals surface area contributed by atoms with Gasteiger partial charge in [-0.15, -0.1) is 0 Å². The monoisotopic (exact) mass is 468 g/mol. The molecule has 4 aromatic rings. The molecular formula is C24H22Cl2N4O2. The van der Waals surface area contributed by atoms with Gasteiger partial charge in [0, 0.05) is 53.1 Å². The van der Waals surface area contributed by atoms with E-state index in [-0.39, 0.29) is 5.56 Å². The van der Waals surface area contributed by atoms with Gasteiger partial charge in [0.1, 0.15) is 0 Å². The number of aromatic nitrogens is 3. The average Bonchev–Trinajstić information content (AvgIpc) is 3.11. The minimum absolute atomic E-state index is 0.179. The Balaban J connectivity index is 1.53. The Morgan fingerprint density at radius 2 is 1.81 bits per heavy atom. The van der Waals surface area contributed by atoms with Crippen molar-refractivity contribution >= 4 is 28.8 Å². The maximum absolute atomic E-state index is 12.9. The number of morpholine rings is 1. The van der Waals surface area contributed by atoms with E-state index in [1.54, 1.807) is 18.2 Å². The third-order valence-electron chi connectivity index (χ3n) is 5.76. The van der Waals surface area contributed by atoms with E-state index in [1.165, 1.54) is 10.1 Å². The number of aromatic amines is 1. The molecular weight excluding hydrogens is 447 g/mol. The molecule has 0 saturated carbocycles. The van der Waals surface area contributed by atoms with Crippen LogP contribution in [-0.2, 0) is 11.3 Å². The summed E-state index contributed by atoms with van der Waals surface area (Å²) < 4.78 is 6.87. The summed E-state index contributed by atoms with van der Waals surface area (Å²) in [4.78, 5) is 20.1. The number of rotatable bonds is 4. The van der Waals surface area contributed by atoms with Crippen LogP contribution in [0.4, 0.5) is 0 Å². The van der Waals surface area contributed by atoms with Gasteiger partial charge in [0.2, 0.25) is 0 Å². The number of H-pyrrole nitrogens is 1. The topological polar surface area (TPSA) is 62.6 Å². The maximum atomic E-state index is 12.9. The van der Waals surface area contributed by atoms with E-state index in [0.29, 0.717) is 21.4 Å². The molecule has 3 heterocycles. The summed E-state index contributed by atoms with van der Waals surface area (Å²) in [6, 6.07) is 15.1. The van der Waals surface area contributed by atoms with Crippen molar-refractivity contribution in [1.29, 1.82) is 0 Å². The number of fused-ring (bicyclic) bond motifs is 1. The smallest absolute Gasteiger partial charge is 0.273 e. The fourth-order valence-electron chi connectivity index (χ4n) is 4.11. The number of ether oxygens (including phenoxy) is 1. The van der Waals surface area contributed by atoms with Gasteiger partial charge in [0.25, 0.3) is 5.56 Å². The van der Waals surface area contributed by atoms with Crippen LogP contribution in [0.25, 0.3) is 28.0 Å². The first-order valence-electron chi connectivity index (χ1n) is 10.5. The second-order valence-electron chi connectivity index (χ2n) is 7.96. The molecule has 2 aromatic carbocycles. The molecule has 0 amide bonds. The van der Waals surface area contributed by atoms with Crippen LogP contribution in [0.2, 0.25) is 10.0 Å². The van der Waals surface area contributed by atoms with E-state index in [1.807, 2.05) is 25.1 Å². The summed E-state index contributed by atoms with van der Waals surface area (Å²) in [5, 5.41) is 4.17. The number of hydrogen-bond donors (Lipinski definition) is 1. The summed E-state index contributed by atoms with van der Waals surface area (Å²) >= 11 is 12.5. The predicted octanol–water partition coefficient (Wildman–Crippen LogP) is 4.80. The van der Waals surface area contributed by atoms with Crippen molar-refractivity contribution in [2.45, 2.75) is 13.5 Å². The van der Waals surface area contributed by atoms with E-state index in [9.17, 15) is 4.79 Å². The molecule has 0 atom stereocenters. The molecule has 2 aromatic heterocycles. The molecule has 8 heteroatoms. The first-order chi connectivity index (χ1) is 15.5. The van der Waals surface area contributed by atoms with Gasteiger partial charge in [-0.1, -0.05) is 53.5 Å². The third-order valence-corrected chi connectivity index (χ3v) is 6.30. The van der Waals surface area contributed by atoms with Crippen molar-refractivity contribution in [3.8, 4) is 22.4 Å². The van der Waals surface area contributed by atoms with Gasteiger partial charge in [0.15, 0.2) is 5.65 Å². The van der Waals surface area contributed by atoms with Gasteiger partial charge in [-0.2, -0.15) is 0 Å². The molecule has 5 rings (SSSR count). The van der Waals surface area contributed by atoms with Crippen LogP contribution in [-0.4, -0.2) is 45.8 Å². The molecule has 1 fully saturated rings. The zero-order valence-electron chi connectivity index (χ0n) is 17.6. The Bertz CT molecular complexity index is 1340. The van der Waals surface area contributed by atoms with Crippen molar-refractivity contribution in [2.75, 3.05) is 26.3 Å². The maximum Gasteiger partial charge on any atom is 0.273 e. The Hall–Kier alpha value is -2.64. The molecule has 1 aliphatic rings. The highest BCUT2D eigenvalue weighted by Crippen LogP contribution is 2.34. The fourth-order valence-corrected chi connectivity index (χ4v) is 4.61. The largest absolute Gasteiger partial charge is 0.379 e. The lowest BCUT2D eigenvalue weighted by molar-refractivity contribution is 0.0342. The van der Waals surface area contributed by atoms with Crippen molar-refractivity contribution < 1.29 is 4.74 Å². The first kappa shape index (κ1) is 21.2. The Kier molecular flexibility index (Phi) is 5.78. The van der Waals surface area contributed by atoms with Crippen molar-refractivity contribution in [1.82, 2.24) is 19.5 Å². The number of benzene rings is 2. The number of aryl methyl sites for hydroxylation is 1. The number of nitrogens with one attached hydrogen (secondary N) is 1. The Morgan fingerprint density at radius 1 is 1.06 bits per heavy atom. The van der Waals surface area contributed by atoms with Gasteiger partial charge < -0.3 is 4.74 Å². The van der Waals surface area contributed by atoms with E-state index < -0.39 is 0 Å². The van der Waals surface area contributed by atoms with Crippen LogP contribution in [0.15, 0.2) is 53.3 Å². The lowest BCUT2D eigenvalue weighted by Crippen LogP contribution is -2.35. The second kappa shape index (κ2) is 8.71. The quantitative estimate of drug-likeness (QED) is 0.466. The summed E-state index contributed by atoms with van der Waals surface area (Å²) in [5.41, 5.74) is 5.46. The molecule has 164 valence electrons. The van der Waals surface area contributed by atoms with E-state index in [0.717, 1.165) is 55.2 Å². The van der Waals surface area contributed by atoms with Crippen LogP contribution in [0, 0.1) is 6.92 Å². The van der Waals surface area contributed by atoms with Gasteiger partial charge in [-0.05, 0) is 24.6 Å². The molecule has 32 heavy (non-hydrogen) atoms. The molecule has 6 nitrogen and oxygen atoms in total. The molecule has 1 saturated heterocycles. The highest BCUT2D eigenvalue weighted by atomic mass is 35.5.